The summed E-state index contributed by atoms with van der Waals surface area (Å²) in [5, 5.41) is 5.16. The maximum atomic E-state index is 14.7. The molecule has 0 fully saturated rings. The minimum atomic E-state index is -0.665. The smallest absolute Gasteiger partial charge is 0.256 e. The third-order valence-electron chi connectivity index (χ3n) is 6.27. The highest BCUT2D eigenvalue weighted by molar-refractivity contribution is 6.35. The Hall–Kier alpha value is -3.50. The van der Waals surface area contributed by atoms with Crippen LogP contribution in [0.1, 0.15) is 39.3 Å². The van der Waals surface area contributed by atoms with Crippen LogP contribution >= 0.6 is 0 Å². The predicted molar refractivity (Wildman–Crippen MR) is 132 cm³/mol. The van der Waals surface area contributed by atoms with Gasteiger partial charge in [0.2, 0.25) is 5.91 Å². The van der Waals surface area contributed by atoms with E-state index >= 15 is 0 Å². The number of aromatic nitrogens is 1. The fourth-order valence-electron chi connectivity index (χ4n) is 4.45. The number of amides is 3. The summed E-state index contributed by atoms with van der Waals surface area (Å²) >= 11 is 0. The first-order chi connectivity index (χ1) is 16.7. The molecular weight excluding hydrogens is 453 g/mol. The van der Waals surface area contributed by atoms with Crippen LogP contribution in [0.2, 0.25) is 0 Å². The van der Waals surface area contributed by atoms with Gasteiger partial charge in [-0.3, -0.25) is 14.4 Å². The number of aryl methyl sites for hydroxylation is 1. The number of fused-ring (bicyclic) bond motifs is 2. The molecule has 9 nitrogen and oxygen atoms in total. The predicted octanol–water partition coefficient (Wildman–Crippen LogP) is 2.49. The maximum Gasteiger partial charge on any atom is 0.256 e. The lowest BCUT2D eigenvalue weighted by Gasteiger charge is -2.23. The monoisotopic (exact) mass is 483 g/mol. The largest absolute Gasteiger partial charge is 0.375 e. The number of hydrogen-bond donors (Lipinski definition) is 3. The van der Waals surface area contributed by atoms with Crippen molar-refractivity contribution in [2.24, 2.45) is 0 Å². The zero-order valence-corrected chi connectivity index (χ0v) is 20.4. The van der Waals surface area contributed by atoms with Gasteiger partial charge in [0.15, 0.2) is 0 Å². The molecule has 1 aromatic carbocycles. The second-order valence-corrected chi connectivity index (χ2v) is 9.09. The number of nitrogens with zero attached hydrogens (tertiary/aromatic N) is 2. The van der Waals surface area contributed by atoms with Crippen molar-refractivity contribution in [1.29, 1.82) is 0 Å². The number of halogens is 1. The molecule has 35 heavy (non-hydrogen) atoms. The number of anilines is 2. The molecule has 0 bridgehead atoms. The first-order valence-electron chi connectivity index (χ1n) is 11.5. The van der Waals surface area contributed by atoms with Gasteiger partial charge in [-0.25, -0.2) is 4.39 Å². The molecule has 3 amide bonds. The zero-order chi connectivity index (χ0) is 25.3. The number of H-pyrrole nitrogens is 1. The highest BCUT2D eigenvalue weighted by atomic mass is 19.1. The molecule has 0 unspecified atom stereocenters. The Balaban J connectivity index is 1.66. The second-order valence-electron chi connectivity index (χ2n) is 9.09. The van der Waals surface area contributed by atoms with Crippen LogP contribution in [0.15, 0.2) is 12.1 Å². The van der Waals surface area contributed by atoms with Gasteiger partial charge in [-0.05, 0) is 57.6 Å². The standard InChI is InChI=1S/C25H30FN5O4/c1-14-19(27-18-6-5-7-31(9-8-30(2)3)25(34)23(14)18)11-16-15-10-17(26)21(28-22(32)13-35-4)12-20(15)29-24(16)33/h10-12,27H,5-9,13H2,1-4H3,(H,28,32)(H,29,33)/b16-11-. The molecule has 2 aromatic rings. The minimum Gasteiger partial charge on any atom is -0.375 e. The second kappa shape index (κ2) is 10.0. The number of benzene rings is 1. The number of aromatic amines is 1. The third kappa shape index (κ3) is 4.98. The van der Waals surface area contributed by atoms with Crippen LogP contribution in [0, 0.1) is 12.7 Å². The number of methoxy groups -OCH3 is 1. The summed E-state index contributed by atoms with van der Waals surface area (Å²) in [4.78, 5) is 45.1. The Morgan fingerprint density at radius 3 is 2.80 bits per heavy atom. The van der Waals surface area contributed by atoms with Crippen molar-refractivity contribution in [3.8, 4) is 0 Å². The molecule has 3 heterocycles. The van der Waals surface area contributed by atoms with Gasteiger partial charge >= 0.3 is 0 Å². The minimum absolute atomic E-state index is 0.0171. The van der Waals surface area contributed by atoms with E-state index in [1.165, 1.54) is 19.2 Å². The molecule has 1 aromatic heterocycles. The highest BCUT2D eigenvalue weighted by Crippen LogP contribution is 2.37. The number of rotatable bonds is 7. The topological polar surface area (TPSA) is 107 Å². The number of carbonyl (C=O) groups is 3. The van der Waals surface area contributed by atoms with E-state index in [4.69, 9.17) is 4.74 Å². The van der Waals surface area contributed by atoms with E-state index in [9.17, 15) is 18.8 Å². The van der Waals surface area contributed by atoms with Crippen molar-refractivity contribution in [3.05, 3.63) is 46.0 Å². The summed E-state index contributed by atoms with van der Waals surface area (Å²) in [6.45, 7) is 3.76. The Morgan fingerprint density at radius 1 is 1.31 bits per heavy atom. The first-order valence-corrected chi connectivity index (χ1v) is 11.5. The summed E-state index contributed by atoms with van der Waals surface area (Å²) in [5.41, 5.74) is 3.94. The van der Waals surface area contributed by atoms with Crippen LogP contribution in [0.25, 0.3) is 11.6 Å². The van der Waals surface area contributed by atoms with Crippen LogP contribution in [0.3, 0.4) is 0 Å². The van der Waals surface area contributed by atoms with Gasteiger partial charge in [-0.1, -0.05) is 0 Å². The lowest BCUT2D eigenvalue weighted by Crippen LogP contribution is -2.36. The van der Waals surface area contributed by atoms with Crippen LogP contribution in [0.4, 0.5) is 15.8 Å². The number of ether oxygens (including phenoxy) is 1. The molecule has 0 atom stereocenters. The molecule has 2 aliphatic heterocycles. The Labute approximate surface area is 203 Å². The van der Waals surface area contributed by atoms with Crippen LogP contribution in [-0.4, -0.2) is 80.0 Å². The SMILES string of the molecule is COCC(=O)Nc1cc2c(cc1F)/C(=C/c1[nH]c3c(c1C)C(=O)N(CCN(C)C)CCC3)C(=O)N2. The molecule has 3 N–H and O–H groups in total. The van der Waals surface area contributed by atoms with E-state index < -0.39 is 11.7 Å². The molecule has 0 saturated heterocycles. The van der Waals surface area contributed by atoms with Crippen molar-refractivity contribution in [2.75, 3.05) is 58.1 Å². The van der Waals surface area contributed by atoms with Gasteiger partial charge in [-0.15, -0.1) is 0 Å². The lowest BCUT2D eigenvalue weighted by atomic mass is 10.0. The molecule has 186 valence electrons. The van der Waals surface area contributed by atoms with Gasteiger partial charge in [0.05, 0.1) is 22.5 Å². The molecule has 2 aliphatic rings. The van der Waals surface area contributed by atoms with Gasteiger partial charge < -0.3 is 30.2 Å². The summed E-state index contributed by atoms with van der Waals surface area (Å²) < 4.78 is 19.5. The van der Waals surface area contributed by atoms with E-state index in [1.807, 2.05) is 30.8 Å². The Kier molecular flexibility index (Phi) is 7.04. The average Bonchev–Trinajstić information content (AvgIpc) is 3.19. The van der Waals surface area contributed by atoms with Gasteiger partial charge in [0, 0.05) is 43.7 Å². The fraction of sp³-hybridized carbons (Fsp3) is 0.400. The molecule has 0 spiro atoms. The third-order valence-corrected chi connectivity index (χ3v) is 6.27. The fourth-order valence-corrected chi connectivity index (χ4v) is 4.45. The normalized spacial score (nSPS) is 16.4. The molecule has 0 saturated carbocycles. The summed E-state index contributed by atoms with van der Waals surface area (Å²) in [6.07, 6.45) is 3.23. The number of hydrogen-bond acceptors (Lipinski definition) is 5. The van der Waals surface area contributed by atoms with Crippen molar-refractivity contribution in [3.63, 3.8) is 0 Å². The first kappa shape index (κ1) is 24.6. The highest BCUT2D eigenvalue weighted by Gasteiger charge is 2.30. The molecular formula is C25H30FN5O4. The number of nitrogens with one attached hydrogen (secondary N) is 3. The van der Waals surface area contributed by atoms with E-state index in [0.29, 0.717) is 35.6 Å². The van der Waals surface area contributed by atoms with Crippen LogP contribution in [-0.2, 0) is 20.7 Å². The van der Waals surface area contributed by atoms with Crippen molar-refractivity contribution < 1.29 is 23.5 Å². The zero-order valence-electron chi connectivity index (χ0n) is 20.4. The average molecular weight is 484 g/mol. The Bertz CT molecular complexity index is 1220. The molecule has 10 heteroatoms. The van der Waals surface area contributed by atoms with Crippen molar-refractivity contribution >= 4 is 40.7 Å². The van der Waals surface area contributed by atoms with Crippen LogP contribution < -0.4 is 10.6 Å². The van der Waals surface area contributed by atoms with Crippen molar-refractivity contribution in [2.45, 2.75) is 19.8 Å². The lowest BCUT2D eigenvalue weighted by molar-refractivity contribution is -0.119. The molecule has 0 aliphatic carbocycles. The van der Waals surface area contributed by atoms with Gasteiger partial charge in [0.25, 0.3) is 11.8 Å². The number of likely N-dealkylation sites (N-methyl/N-ethyl adjacent to an activating group) is 1. The van der Waals surface area contributed by atoms with Crippen LogP contribution in [0.5, 0.6) is 0 Å². The molecule has 0 radical (unpaired) electrons. The van der Waals surface area contributed by atoms with E-state index in [-0.39, 0.29) is 29.7 Å². The van der Waals surface area contributed by atoms with Crippen molar-refractivity contribution in [1.82, 2.24) is 14.8 Å². The summed E-state index contributed by atoms with van der Waals surface area (Å²) in [7, 11) is 5.32. The quantitative estimate of drug-likeness (QED) is 0.525. The molecule has 4 rings (SSSR count). The van der Waals surface area contributed by atoms with E-state index in [1.54, 1.807) is 6.08 Å². The summed E-state index contributed by atoms with van der Waals surface area (Å²) in [5.74, 6) is -1.57. The number of carbonyl (C=O) groups excluding carboxylic acids is 3. The van der Waals surface area contributed by atoms with E-state index in [2.05, 4.69) is 15.6 Å². The van der Waals surface area contributed by atoms with Gasteiger partial charge in [-0.2, -0.15) is 0 Å². The summed E-state index contributed by atoms with van der Waals surface area (Å²) in [6, 6.07) is 2.61. The Morgan fingerprint density at radius 2 is 2.09 bits per heavy atom. The maximum absolute atomic E-state index is 14.7. The van der Waals surface area contributed by atoms with E-state index in [0.717, 1.165) is 30.6 Å². The van der Waals surface area contributed by atoms with Gasteiger partial charge in [0.1, 0.15) is 12.4 Å².